The van der Waals surface area contributed by atoms with E-state index in [1.807, 2.05) is 6.07 Å². The molecule has 1 aliphatic heterocycles. The van der Waals surface area contributed by atoms with E-state index in [-0.39, 0.29) is 11.4 Å². The van der Waals surface area contributed by atoms with E-state index in [0.717, 1.165) is 12.1 Å². The lowest BCUT2D eigenvalue weighted by Gasteiger charge is -2.37. The van der Waals surface area contributed by atoms with E-state index in [0.29, 0.717) is 16.3 Å². The van der Waals surface area contributed by atoms with Gasteiger partial charge in [-0.3, -0.25) is 9.59 Å². The van der Waals surface area contributed by atoms with Crippen molar-refractivity contribution in [3.05, 3.63) is 83.3 Å². The van der Waals surface area contributed by atoms with Crippen LogP contribution in [0.15, 0.2) is 54.7 Å². The molecule has 0 unspecified atom stereocenters. The van der Waals surface area contributed by atoms with E-state index >= 15 is 0 Å². The summed E-state index contributed by atoms with van der Waals surface area (Å²) in [6, 6.07) is 11.0. The second-order valence-electron chi connectivity index (χ2n) is 8.02. The number of amides is 4. The Labute approximate surface area is 199 Å². The first-order chi connectivity index (χ1) is 16.7. The lowest BCUT2D eigenvalue weighted by molar-refractivity contribution is -0.128. The number of rotatable bonds is 3. The molecule has 10 heteroatoms. The fourth-order valence-corrected chi connectivity index (χ4v) is 3.49. The van der Waals surface area contributed by atoms with Gasteiger partial charge in [-0.2, -0.15) is 0 Å². The molecule has 1 fully saturated rings. The Balaban J connectivity index is 1.56. The Morgan fingerprint density at radius 1 is 1.09 bits per heavy atom. The molecule has 8 nitrogen and oxygen atoms in total. The number of imide groups is 1. The van der Waals surface area contributed by atoms with E-state index < -0.39 is 47.1 Å². The van der Waals surface area contributed by atoms with Gasteiger partial charge in [-0.15, -0.1) is 0 Å². The van der Waals surface area contributed by atoms with Crippen LogP contribution in [0.4, 0.5) is 25.1 Å². The summed E-state index contributed by atoms with van der Waals surface area (Å²) in [7, 11) is 0. The van der Waals surface area contributed by atoms with Crippen LogP contribution in [0.1, 0.15) is 30.3 Å². The Morgan fingerprint density at radius 2 is 1.74 bits per heavy atom. The predicted molar refractivity (Wildman–Crippen MR) is 123 cm³/mol. The Hall–Kier alpha value is -4.65. The first-order valence-corrected chi connectivity index (χ1v) is 10.5. The molecule has 0 bridgehead atoms. The Bertz CT molecular complexity index is 1360. The third-order valence-electron chi connectivity index (χ3n) is 5.22. The van der Waals surface area contributed by atoms with Crippen molar-refractivity contribution in [2.45, 2.75) is 25.8 Å². The smallest absolute Gasteiger partial charge is 0.323 e. The van der Waals surface area contributed by atoms with Gasteiger partial charge in [0.15, 0.2) is 11.6 Å². The fraction of sp³-hybridized carbons (Fsp3) is 0.160. The highest BCUT2D eigenvalue weighted by molar-refractivity contribution is 6.20. The first-order valence-electron chi connectivity index (χ1n) is 10.5. The molecule has 1 aliphatic rings. The minimum atomic E-state index is -1.67. The molecule has 0 spiro atoms. The van der Waals surface area contributed by atoms with Gasteiger partial charge in [0, 0.05) is 17.3 Å². The summed E-state index contributed by atoms with van der Waals surface area (Å²) in [5, 5.41) is 4.88. The molecule has 0 aliphatic carbocycles. The number of nitrogens with zero attached hydrogens (tertiary/aromatic N) is 3. The SMILES string of the molecule is Cc1nccc(NC(=O)[C@]2(C)CC(=O)N(c3c(F)cc(C#Cc4ccccc4)cc3F)C(=O)N2)n1. The van der Waals surface area contributed by atoms with Gasteiger partial charge >= 0.3 is 6.03 Å². The minimum Gasteiger partial charge on any atom is -0.323 e. The molecule has 2 aromatic carbocycles. The van der Waals surface area contributed by atoms with Crippen LogP contribution < -0.4 is 15.5 Å². The van der Waals surface area contributed by atoms with Crippen molar-refractivity contribution < 1.29 is 23.2 Å². The zero-order chi connectivity index (χ0) is 25.2. The predicted octanol–water partition coefficient (Wildman–Crippen LogP) is 3.31. The van der Waals surface area contributed by atoms with Gasteiger partial charge in [-0.05, 0) is 44.2 Å². The van der Waals surface area contributed by atoms with Gasteiger partial charge in [0.2, 0.25) is 5.91 Å². The highest BCUT2D eigenvalue weighted by Crippen LogP contribution is 2.30. The number of carbonyl (C=O) groups is 3. The van der Waals surface area contributed by atoms with E-state index in [4.69, 9.17) is 0 Å². The minimum absolute atomic E-state index is 0.0295. The van der Waals surface area contributed by atoms with Crippen molar-refractivity contribution in [1.82, 2.24) is 15.3 Å². The van der Waals surface area contributed by atoms with Crippen LogP contribution in [0, 0.1) is 30.4 Å². The third kappa shape index (κ3) is 4.99. The Kier molecular flexibility index (Phi) is 6.25. The molecular formula is C25H19F2N5O3. The number of urea groups is 1. The van der Waals surface area contributed by atoms with Gasteiger partial charge in [-0.25, -0.2) is 28.4 Å². The average Bonchev–Trinajstić information content (AvgIpc) is 2.79. The van der Waals surface area contributed by atoms with Crippen LogP contribution >= 0.6 is 0 Å². The average molecular weight is 475 g/mol. The molecule has 0 radical (unpaired) electrons. The molecule has 4 amide bonds. The lowest BCUT2D eigenvalue weighted by atomic mass is 9.93. The van der Waals surface area contributed by atoms with Crippen molar-refractivity contribution in [2.75, 3.05) is 10.2 Å². The molecule has 3 aromatic rings. The maximum Gasteiger partial charge on any atom is 0.329 e. The topological polar surface area (TPSA) is 104 Å². The maximum atomic E-state index is 14.9. The molecule has 2 N–H and O–H groups in total. The summed E-state index contributed by atoms with van der Waals surface area (Å²) in [5.74, 6) is 2.06. The van der Waals surface area contributed by atoms with Crippen molar-refractivity contribution in [2.24, 2.45) is 0 Å². The van der Waals surface area contributed by atoms with E-state index in [9.17, 15) is 23.2 Å². The Morgan fingerprint density at radius 3 is 2.37 bits per heavy atom. The van der Waals surface area contributed by atoms with Gasteiger partial charge in [0.05, 0.1) is 6.42 Å². The molecule has 1 saturated heterocycles. The number of hydrogen-bond acceptors (Lipinski definition) is 5. The van der Waals surface area contributed by atoms with Crippen molar-refractivity contribution in [3.8, 4) is 11.8 Å². The van der Waals surface area contributed by atoms with Gasteiger partial charge in [-0.1, -0.05) is 30.0 Å². The number of benzene rings is 2. The van der Waals surface area contributed by atoms with E-state index in [2.05, 4.69) is 32.4 Å². The molecule has 35 heavy (non-hydrogen) atoms. The van der Waals surface area contributed by atoms with E-state index in [1.54, 1.807) is 31.2 Å². The molecule has 176 valence electrons. The van der Waals surface area contributed by atoms with Crippen molar-refractivity contribution in [3.63, 3.8) is 0 Å². The largest absolute Gasteiger partial charge is 0.329 e. The number of halogens is 2. The zero-order valence-corrected chi connectivity index (χ0v) is 18.7. The summed E-state index contributed by atoms with van der Waals surface area (Å²) in [6.07, 6.45) is 0.898. The van der Waals surface area contributed by atoms with Crippen LogP contribution in [0.2, 0.25) is 0 Å². The quantitative estimate of drug-likeness (QED) is 0.566. The number of nitrogens with one attached hydrogen (secondary N) is 2. The second kappa shape index (κ2) is 9.30. The lowest BCUT2D eigenvalue weighted by Crippen LogP contribution is -2.65. The molecule has 1 aromatic heterocycles. The van der Waals surface area contributed by atoms with Crippen molar-refractivity contribution in [1.29, 1.82) is 0 Å². The highest BCUT2D eigenvalue weighted by atomic mass is 19.1. The second-order valence-corrected chi connectivity index (χ2v) is 8.02. The summed E-state index contributed by atoms with van der Waals surface area (Å²) >= 11 is 0. The summed E-state index contributed by atoms with van der Waals surface area (Å²) in [6.45, 7) is 2.96. The zero-order valence-electron chi connectivity index (χ0n) is 18.7. The first kappa shape index (κ1) is 23.5. The monoisotopic (exact) mass is 475 g/mol. The fourth-order valence-electron chi connectivity index (χ4n) is 3.49. The molecule has 0 saturated carbocycles. The normalized spacial score (nSPS) is 17.3. The van der Waals surface area contributed by atoms with Crippen LogP contribution in [-0.4, -0.2) is 33.4 Å². The molecule has 4 rings (SSSR count). The van der Waals surface area contributed by atoms with Crippen LogP contribution in [0.25, 0.3) is 0 Å². The van der Waals surface area contributed by atoms with Crippen LogP contribution in [0.5, 0.6) is 0 Å². The van der Waals surface area contributed by atoms with Gasteiger partial charge in [0.1, 0.15) is 22.9 Å². The number of aryl methyl sites for hydroxylation is 1. The highest BCUT2D eigenvalue weighted by Gasteiger charge is 2.47. The molecular weight excluding hydrogens is 456 g/mol. The number of hydrogen-bond donors (Lipinski definition) is 2. The molecule has 2 heterocycles. The van der Waals surface area contributed by atoms with Crippen LogP contribution in [0.3, 0.4) is 0 Å². The van der Waals surface area contributed by atoms with Crippen molar-refractivity contribution >= 4 is 29.4 Å². The van der Waals surface area contributed by atoms with Gasteiger partial charge in [0.25, 0.3) is 5.91 Å². The third-order valence-corrected chi connectivity index (χ3v) is 5.22. The number of carbonyl (C=O) groups excluding carboxylic acids is 3. The van der Waals surface area contributed by atoms with Gasteiger partial charge < -0.3 is 10.6 Å². The summed E-state index contributed by atoms with van der Waals surface area (Å²) < 4.78 is 29.7. The standard InChI is InChI=1S/C25H19F2N5O3/c1-15-28-11-10-20(29-15)30-23(34)25(2)14-21(33)32(24(35)31-25)22-18(26)12-17(13-19(22)27)9-8-16-6-4-3-5-7-16/h3-7,10-13H,14H2,1-2H3,(H,31,35)(H,28,29,30,34)/t25-/m0/s1. The van der Waals surface area contributed by atoms with E-state index in [1.165, 1.54) is 19.2 Å². The summed E-state index contributed by atoms with van der Waals surface area (Å²) in [4.78, 5) is 46.7. The van der Waals surface area contributed by atoms with Crippen LogP contribution in [-0.2, 0) is 9.59 Å². The maximum absolute atomic E-state index is 14.9. The summed E-state index contributed by atoms with van der Waals surface area (Å²) in [5.41, 5.74) is -1.83. The number of anilines is 2. The molecule has 1 atom stereocenters. The number of aromatic nitrogens is 2.